The van der Waals surface area contributed by atoms with Crippen molar-refractivity contribution < 1.29 is 71.9 Å². The van der Waals surface area contributed by atoms with Crippen molar-refractivity contribution in [3.8, 4) is 0 Å². The van der Waals surface area contributed by atoms with Gasteiger partial charge in [0.25, 0.3) is 0 Å². The van der Waals surface area contributed by atoms with E-state index in [1.165, 1.54) is 0 Å². The SMILES string of the molecule is CC(C)(C)OC(=O)CC[C@H](NC(=O)N[C@@H](CCCCNC(=O)[C@H](Cc1ccc2ccccc2c1)NC(=O)C1CCC(CNC(=O)COCCOCCOCC(=O)O)CC1)C(=O)OC(C)(C)C)C(=O)OC(C)(C)C. The van der Waals surface area contributed by atoms with Gasteiger partial charge in [-0.15, -0.1) is 0 Å². The Balaban J connectivity index is 1.57. The van der Waals surface area contributed by atoms with Crippen LogP contribution in [0.4, 0.5) is 4.79 Å². The normalized spacial score (nSPS) is 16.2. The molecule has 20 heteroatoms. The number of hydrogen-bond donors (Lipinski definition) is 6. The van der Waals surface area contributed by atoms with Gasteiger partial charge in [-0.25, -0.2) is 19.2 Å². The highest BCUT2D eigenvalue weighted by molar-refractivity contribution is 5.90. The van der Waals surface area contributed by atoms with Crippen molar-refractivity contribution in [2.24, 2.45) is 11.8 Å². The molecule has 6 N–H and O–H groups in total. The van der Waals surface area contributed by atoms with Gasteiger partial charge in [0.15, 0.2) is 0 Å². The first-order valence-electron chi connectivity index (χ1n) is 25.3. The number of carboxylic acid groups (broad SMARTS) is 1. The van der Waals surface area contributed by atoms with Crippen molar-refractivity contribution in [3.63, 3.8) is 0 Å². The molecule has 2 aromatic carbocycles. The monoisotopic (exact) mass is 1030 g/mol. The molecule has 408 valence electrons. The smallest absolute Gasteiger partial charge is 0.329 e. The largest absolute Gasteiger partial charge is 0.480 e. The van der Waals surface area contributed by atoms with Crippen molar-refractivity contribution in [2.75, 3.05) is 52.7 Å². The second-order valence-corrected chi connectivity index (χ2v) is 21.3. The molecule has 1 aliphatic carbocycles. The Morgan fingerprint density at radius 2 is 1.18 bits per heavy atom. The van der Waals surface area contributed by atoms with Crippen LogP contribution in [0.3, 0.4) is 0 Å². The molecule has 3 rings (SSSR count). The van der Waals surface area contributed by atoms with E-state index in [2.05, 4.69) is 26.6 Å². The van der Waals surface area contributed by atoms with E-state index in [9.17, 15) is 38.4 Å². The topological polar surface area (TPSA) is 272 Å². The summed E-state index contributed by atoms with van der Waals surface area (Å²) in [6, 6.07) is 9.66. The summed E-state index contributed by atoms with van der Waals surface area (Å²) in [6.45, 7) is 16.1. The minimum absolute atomic E-state index is 0.117. The van der Waals surface area contributed by atoms with Crippen LogP contribution < -0.4 is 26.6 Å². The van der Waals surface area contributed by atoms with Gasteiger partial charge >= 0.3 is 29.9 Å². The number of carbonyl (C=O) groups excluding carboxylic acids is 7. The number of esters is 3. The minimum Gasteiger partial charge on any atom is -0.480 e. The number of aliphatic carboxylic acids is 1. The van der Waals surface area contributed by atoms with E-state index < -0.39 is 71.4 Å². The summed E-state index contributed by atoms with van der Waals surface area (Å²) < 4.78 is 32.1. The fourth-order valence-corrected chi connectivity index (χ4v) is 7.77. The number of unbranched alkanes of at least 4 members (excludes halogenated alkanes) is 1. The zero-order chi connectivity index (χ0) is 54.2. The first-order valence-corrected chi connectivity index (χ1v) is 25.3. The Morgan fingerprint density at radius 3 is 1.77 bits per heavy atom. The van der Waals surface area contributed by atoms with E-state index >= 15 is 0 Å². The Hall–Kier alpha value is -5.86. The second-order valence-electron chi connectivity index (χ2n) is 21.3. The summed E-state index contributed by atoms with van der Waals surface area (Å²) >= 11 is 0. The van der Waals surface area contributed by atoms with Crippen molar-refractivity contribution in [3.05, 3.63) is 48.0 Å². The van der Waals surface area contributed by atoms with Crippen molar-refractivity contribution in [2.45, 2.75) is 161 Å². The maximum Gasteiger partial charge on any atom is 0.329 e. The molecule has 0 saturated heterocycles. The number of fused-ring (bicyclic) bond motifs is 1. The quantitative estimate of drug-likeness (QED) is 0.0354. The number of amides is 5. The number of urea groups is 1. The lowest BCUT2D eigenvalue weighted by Crippen LogP contribution is -2.53. The Morgan fingerprint density at radius 1 is 0.616 bits per heavy atom. The average molecular weight is 1030 g/mol. The Bertz CT molecular complexity index is 2120. The maximum atomic E-state index is 13.9. The fraction of sp³-hybridized carbons (Fsp3) is 0.660. The average Bonchev–Trinajstić information content (AvgIpc) is 3.29. The van der Waals surface area contributed by atoms with Crippen LogP contribution >= 0.6 is 0 Å². The van der Waals surface area contributed by atoms with Crippen molar-refractivity contribution in [1.82, 2.24) is 26.6 Å². The van der Waals surface area contributed by atoms with Gasteiger partial charge in [0.1, 0.15) is 48.1 Å². The minimum atomic E-state index is -1.24. The molecule has 0 radical (unpaired) electrons. The summed E-state index contributed by atoms with van der Waals surface area (Å²) in [5.74, 6) is -4.11. The number of ether oxygens (including phenoxy) is 6. The summed E-state index contributed by atoms with van der Waals surface area (Å²) in [4.78, 5) is 103. The van der Waals surface area contributed by atoms with Crippen LogP contribution in [0.1, 0.15) is 126 Å². The summed E-state index contributed by atoms with van der Waals surface area (Å²) in [6.07, 6.45) is 3.40. The van der Waals surface area contributed by atoms with E-state index in [1.807, 2.05) is 42.5 Å². The molecule has 0 unspecified atom stereocenters. The van der Waals surface area contributed by atoms with Crippen molar-refractivity contribution in [1.29, 1.82) is 0 Å². The lowest BCUT2D eigenvalue weighted by atomic mass is 9.81. The lowest BCUT2D eigenvalue weighted by molar-refractivity contribution is -0.159. The number of rotatable bonds is 29. The number of benzene rings is 2. The molecule has 0 spiro atoms. The summed E-state index contributed by atoms with van der Waals surface area (Å²) in [5, 5.41) is 24.7. The molecule has 0 bridgehead atoms. The van der Waals surface area contributed by atoms with Crippen molar-refractivity contribution >= 4 is 58.4 Å². The number of hydrogen-bond acceptors (Lipinski definition) is 14. The predicted molar refractivity (Wildman–Crippen MR) is 271 cm³/mol. The van der Waals surface area contributed by atoms with E-state index in [0.717, 1.165) is 16.3 Å². The van der Waals surface area contributed by atoms with Crippen LogP contribution in [-0.2, 0) is 68.4 Å². The number of carbonyl (C=O) groups is 8. The molecule has 0 heterocycles. The molecule has 2 aromatic rings. The van der Waals surface area contributed by atoms with Gasteiger partial charge in [-0.3, -0.25) is 19.2 Å². The zero-order valence-corrected chi connectivity index (χ0v) is 44.3. The first-order chi connectivity index (χ1) is 34.3. The van der Waals surface area contributed by atoms with E-state index in [4.69, 9.17) is 33.5 Å². The molecule has 20 nitrogen and oxygen atoms in total. The molecule has 0 aromatic heterocycles. The van der Waals surface area contributed by atoms with Crippen LogP contribution in [0.5, 0.6) is 0 Å². The van der Waals surface area contributed by atoms with Gasteiger partial charge < -0.3 is 60.1 Å². The van der Waals surface area contributed by atoms with Crippen LogP contribution in [0.2, 0.25) is 0 Å². The van der Waals surface area contributed by atoms with E-state index in [-0.39, 0.29) is 94.8 Å². The highest BCUT2D eigenvalue weighted by Gasteiger charge is 2.33. The van der Waals surface area contributed by atoms with Gasteiger partial charge in [0.05, 0.1) is 26.4 Å². The van der Waals surface area contributed by atoms with Crippen LogP contribution in [0.25, 0.3) is 10.8 Å². The molecule has 5 amide bonds. The Labute approximate surface area is 429 Å². The lowest BCUT2D eigenvalue weighted by Gasteiger charge is -2.29. The van der Waals surface area contributed by atoms with Crippen LogP contribution in [-0.4, -0.2) is 140 Å². The standard InChI is InChI=1S/C53H81N5O15/c1-51(2,3)71-45(62)24-23-41(49(66)73-53(7,8)9)58-50(67)57-40(48(65)72-52(4,5)6)16-12-13-25-54-47(64)42(31-36-19-20-37-14-10-11-15-39(37)30-36)56-46(63)38-21-17-35(18-22-38)32-55-43(59)33-69-28-26-68-27-29-70-34-44(60)61/h10-11,14-15,19-20,30,35,38,40-42H,12-13,16-18,21-29,31-34H2,1-9H3,(H,54,64)(H,55,59)(H,56,63)(H,60,61)(H2,57,58,67)/t35?,38?,40-,41-,42-/m0/s1. The molecule has 1 aliphatic rings. The van der Waals surface area contributed by atoms with Gasteiger partial charge in [0, 0.05) is 31.8 Å². The van der Waals surface area contributed by atoms with Gasteiger partial charge in [-0.1, -0.05) is 42.5 Å². The van der Waals surface area contributed by atoms with Gasteiger partial charge in [-0.2, -0.15) is 0 Å². The molecule has 1 saturated carbocycles. The molecule has 1 fully saturated rings. The third-order valence-corrected chi connectivity index (χ3v) is 11.2. The van der Waals surface area contributed by atoms with Gasteiger partial charge in [0.2, 0.25) is 17.7 Å². The highest BCUT2D eigenvalue weighted by Crippen LogP contribution is 2.29. The number of carboxylic acids is 1. The molecule has 73 heavy (non-hydrogen) atoms. The third-order valence-electron chi connectivity index (χ3n) is 11.2. The highest BCUT2D eigenvalue weighted by atomic mass is 16.6. The molecule has 0 aliphatic heterocycles. The molecular weight excluding hydrogens is 947 g/mol. The van der Waals surface area contributed by atoms with Gasteiger partial charge in [-0.05, 0) is 136 Å². The molecular formula is C53H81N5O15. The third kappa shape index (κ3) is 26.6. The van der Waals surface area contributed by atoms with Crippen LogP contribution in [0.15, 0.2) is 42.5 Å². The summed E-state index contributed by atoms with van der Waals surface area (Å²) in [7, 11) is 0. The fourth-order valence-electron chi connectivity index (χ4n) is 7.77. The molecule has 3 atom stereocenters. The van der Waals surface area contributed by atoms with Crippen LogP contribution in [0, 0.1) is 11.8 Å². The first kappa shape index (κ1) is 61.4. The van der Waals surface area contributed by atoms with E-state index in [0.29, 0.717) is 45.1 Å². The summed E-state index contributed by atoms with van der Waals surface area (Å²) in [5.41, 5.74) is -1.66. The Kier molecular flexibility index (Phi) is 25.6. The zero-order valence-electron chi connectivity index (χ0n) is 44.3. The maximum absolute atomic E-state index is 13.9. The number of nitrogens with one attached hydrogen (secondary N) is 5. The van der Waals surface area contributed by atoms with E-state index in [1.54, 1.807) is 62.3 Å². The second kappa shape index (κ2) is 30.4. The predicted octanol–water partition coefficient (Wildman–Crippen LogP) is 5.05.